The summed E-state index contributed by atoms with van der Waals surface area (Å²) in [5.41, 5.74) is 2.30. The molecule has 3 aromatic rings. The molecule has 1 unspecified atom stereocenters. The number of hydrogen-bond donors (Lipinski definition) is 1. The largest absolute Gasteiger partial charge is 0.495 e. The van der Waals surface area contributed by atoms with Crippen LogP contribution in [-0.2, 0) is 18.4 Å². The molecule has 0 bridgehead atoms. The lowest BCUT2D eigenvalue weighted by Gasteiger charge is -2.31. The van der Waals surface area contributed by atoms with Gasteiger partial charge in [0, 0.05) is 44.3 Å². The number of carbonyl (C=O) groups excluding carboxylic acids is 2. The molecule has 1 atom stereocenters. The van der Waals surface area contributed by atoms with E-state index in [0.29, 0.717) is 23.7 Å². The molecule has 148 valence electrons. The van der Waals surface area contributed by atoms with Gasteiger partial charge in [0.25, 0.3) is 5.91 Å². The SMILES string of the molecule is COc1ccccc1NC(=O)C1CN(C(=O)c2cnccn2)Cc2cn(C)nc21. The van der Waals surface area contributed by atoms with E-state index in [9.17, 15) is 9.59 Å². The number of ether oxygens (including phenoxy) is 1. The lowest BCUT2D eigenvalue weighted by Crippen LogP contribution is -2.42. The Bertz CT molecular complexity index is 1050. The van der Waals surface area contributed by atoms with Crippen molar-refractivity contribution >= 4 is 17.5 Å². The highest BCUT2D eigenvalue weighted by Crippen LogP contribution is 2.30. The van der Waals surface area contributed by atoms with Gasteiger partial charge in [-0.15, -0.1) is 0 Å². The predicted molar refractivity (Wildman–Crippen MR) is 104 cm³/mol. The van der Waals surface area contributed by atoms with E-state index in [4.69, 9.17) is 4.74 Å². The number of nitrogens with one attached hydrogen (secondary N) is 1. The van der Waals surface area contributed by atoms with Crippen LogP contribution < -0.4 is 10.1 Å². The fourth-order valence-corrected chi connectivity index (χ4v) is 3.45. The summed E-state index contributed by atoms with van der Waals surface area (Å²) in [6.45, 7) is 0.553. The van der Waals surface area contributed by atoms with E-state index < -0.39 is 5.92 Å². The molecule has 2 aromatic heterocycles. The number of aryl methyl sites for hydroxylation is 1. The number of hydrogen-bond acceptors (Lipinski definition) is 6. The van der Waals surface area contributed by atoms with Gasteiger partial charge in [-0.05, 0) is 12.1 Å². The summed E-state index contributed by atoms with van der Waals surface area (Å²) in [5, 5.41) is 7.36. The normalized spacial score (nSPS) is 15.5. The second kappa shape index (κ2) is 7.70. The number of methoxy groups -OCH3 is 1. The maximum absolute atomic E-state index is 13.1. The molecule has 0 fully saturated rings. The number of para-hydroxylation sites is 2. The summed E-state index contributed by atoms with van der Waals surface area (Å²) in [6, 6.07) is 7.18. The molecule has 3 heterocycles. The van der Waals surface area contributed by atoms with Crippen molar-refractivity contribution < 1.29 is 14.3 Å². The van der Waals surface area contributed by atoms with Gasteiger partial charge in [-0.1, -0.05) is 12.1 Å². The van der Waals surface area contributed by atoms with Gasteiger partial charge in [0.1, 0.15) is 17.4 Å². The van der Waals surface area contributed by atoms with Crippen LogP contribution in [-0.4, -0.2) is 50.1 Å². The smallest absolute Gasteiger partial charge is 0.274 e. The highest BCUT2D eigenvalue weighted by molar-refractivity contribution is 5.98. The first-order valence-electron chi connectivity index (χ1n) is 9.08. The first-order valence-corrected chi connectivity index (χ1v) is 9.08. The van der Waals surface area contributed by atoms with Crippen LogP contribution in [0.4, 0.5) is 5.69 Å². The zero-order valence-corrected chi connectivity index (χ0v) is 16.1. The lowest BCUT2D eigenvalue weighted by atomic mass is 9.95. The van der Waals surface area contributed by atoms with Crippen LogP contribution >= 0.6 is 0 Å². The van der Waals surface area contributed by atoms with Crippen LogP contribution in [0.25, 0.3) is 0 Å². The summed E-state index contributed by atoms with van der Waals surface area (Å²) in [7, 11) is 3.34. The fraction of sp³-hybridized carbons (Fsp3) is 0.250. The molecule has 9 heteroatoms. The molecule has 2 amide bonds. The molecule has 1 aliphatic rings. The van der Waals surface area contributed by atoms with Gasteiger partial charge in [0.05, 0.1) is 24.7 Å². The van der Waals surface area contributed by atoms with E-state index in [1.54, 1.807) is 35.9 Å². The quantitative estimate of drug-likeness (QED) is 0.724. The van der Waals surface area contributed by atoms with Crippen molar-refractivity contribution in [2.75, 3.05) is 19.0 Å². The maximum atomic E-state index is 13.1. The monoisotopic (exact) mass is 392 g/mol. The van der Waals surface area contributed by atoms with Crippen LogP contribution in [0.5, 0.6) is 5.75 Å². The summed E-state index contributed by atoms with van der Waals surface area (Å²) >= 11 is 0. The zero-order chi connectivity index (χ0) is 20.4. The third kappa shape index (κ3) is 3.66. The number of nitrogens with zero attached hydrogens (tertiary/aromatic N) is 5. The Balaban J connectivity index is 1.62. The van der Waals surface area contributed by atoms with Crippen molar-refractivity contribution in [1.82, 2.24) is 24.6 Å². The summed E-state index contributed by atoms with van der Waals surface area (Å²) in [4.78, 5) is 35.7. The minimum atomic E-state index is -0.620. The number of fused-ring (bicyclic) bond motifs is 1. The molecular formula is C20H20N6O3. The fourth-order valence-electron chi connectivity index (χ4n) is 3.45. The van der Waals surface area contributed by atoms with Gasteiger partial charge < -0.3 is 15.0 Å². The molecule has 0 saturated heterocycles. The van der Waals surface area contributed by atoms with Crippen molar-refractivity contribution in [2.45, 2.75) is 12.5 Å². The number of anilines is 1. The third-order valence-corrected chi connectivity index (χ3v) is 4.78. The molecule has 0 radical (unpaired) electrons. The van der Waals surface area contributed by atoms with Crippen molar-refractivity contribution in [1.29, 1.82) is 0 Å². The van der Waals surface area contributed by atoms with Gasteiger partial charge in [-0.3, -0.25) is 19.3 Å². The summed E-state index contributed by atoms with van der Waals surface area (Å²) in [5.74, 6) is -0.593. The van der Waals surface area contributed by atoms with Crippen LogP contribution in [0.3, 0.4) is 0 Å². The Kier molecular flexibility index (Phi) is 4.94. The molecule has 0 spiro atoms. The Morgan fingerprint density at radius 2 is 2.07 bits per heavy atom. The van der Waals surface area contributed by atoms with E-state index in [-0.39, 0.29) is 24.1 Å². The van der Waals surface area contributed by atoms with Crippen molar-refractivity contribution in [3.8, 4) is 5.75 Å². The van der Waals surface area contributed by atoms with Crippen LogP contribution in [0.15, 0.2) is 49.1 Å². The van der Waals surface area contributed by atoms with Crippen molar-refractivity contribution in [3.63, 3.8) is 0 Å². The average Bonchev–Trinajstić information content (AvgIpc) is 3.13. The minimum Gasteiger partial charge on any atom is -0.495 e. The molecule has 29 heavy (non-hydrogen) atoms. The van der Waals surface area contributed by atoms with Gasteiger partial charge in [0.15, 0.2) is 0 Å². The third-order valence-electron chi connectivity index (χ3n) is 4.78. The van der Waals surface area contributed by atoms with Crippen LogP contribution in [0.1, 0.15) is 27.7 Å². The standard InChI is InChI=1S/C20H20N6O3/c1-25-10-13-11-26(20(28)16-9-21-7-8-22-16)12-14(18(13)24-25)19(27)23-15-5-3-4-6-17(15)29-2/h3-10,14H,11-12H2,1-2H3,(H,23,27). The van der Waals surface area contributed by atoms with E-state index >= 15 is 0 Å². The van der Waals surface area contributed by atoms with Crippen molar-refractivity contribution in [3.05, 3.63) is 66.0 Å². The van der Waals surface area contributed by atoms with Crippen LogP contribution in [0.2, 0.25) is 0 Å². The molecule has 1 aromatic carbocycles. The molecule has 1 aliphatic heterocycles. The first kappa shape index (κ1) is 18.6. The van der Waals surface area contributed by atoms with Gasteiger partial charge in [-0.25, -0.2) is 4.98 Å². The lowest BCUT2D eigenvalue weighted by molar-refractivity contribution is -0.118. The van der Waals surface area contributed by atoms with E-state index in [1.165, 1.54) is 18.6 Å². The Morgan fingerprint density at radius 3 is 2.83 bits per heavy atom. The molecule has 1 N–H and O–H groups in total. The van der Waals surface area contributed by atoms with Gasteiger partial charge in [-0.2, -0.15) is 5.10 Å². The molecule has 9 nitrogen and oxygen atoms in total. The highest BCUT2D eigenvalue weighted by Gasteiger charge is 2.36. The predicted octanol–water partition coefficient (Wildman–Crippen LogP) is 1.60. The Morgan fingerprint density at radius 1 is 1.24 bits per heavy atom. The number of amides is 2. The Hall–Kier alpha value is -3.75. The zero-order valence-electron chi connectivity index (χ0n) is 16.1. The second-order valence-corrected chi connectivity index (χ2v) is 6.73. The van der Waals surface area contributed by atoms with Crippen LogP contribution in [0, 0.1) is 0 Å². The molecule has 0 saturated carbocycles. The topological polar surface area (TPSA) is 102 Å². The number of carbonyl (C=O) groups is 2. The van der Waals surface area contributed by atoms with E-state index in [2.05, 4.69) is 20.4 Å². The first-order chi connectivity index (χ1) is 14.1. The molecule has 4 rings (SSSR count). The summed E-state index contributed by atoms with van der Waals surface area (Å²) < 4.78 is 6.97. The number of rotatable bonds is 4. The van der Waals surface area contributed by atoms with Crippen molar-refractivity contribution in [2.24, 2.45) is 7.05 Å². The number of aromatic nitrogens is 4. The van der Waals surface area contributed by atoms with E-state index in [1.807, 2.05) is 18.3 Å². The maximum Gasteiger partial charge on any atom is 0.274 e. The van der Waals surface area contributed by atoms with Gasteiger partial charge in [0.2, 0.25) is 5.91 Å². The molecule has 0 aliphatic carbocycles. The summed E-state index contributed by atoms with van der Waals surface area (Å²) in [6.07, 6.45) is 6.23. The van der Waals surface area contributed by atoms with Gasteiger partial charge >= 0.3 is 0 Å². The average molecular weight is 392 g/mol. The second-order valence-electron chi connectivity index (χ2n) is 6.73. The highest BCUT2D eigenvalue weighted by atomic mass is 16.5. The minimum absolute atomic E-state index is 0.195. The number of benzene rings is 1. The van der Waals surface area contributed by atoms with E-state index in [0.717, 1.165) is 5.56 Å². The molecular weight excluding hydrogens is 372 g/mol. The Labute approximate surface area is 167 Å².